The number of aryl methyl sites for hydroxylation is 1. The maximum absolute atomic E-state index is 14.1. The van der Waals surface area contributed by atoms with Crippen LogP contribution in [0.4, 0.5) is 15.8 Å². The number of unbranched alkanes of at least 4 members (excludes halogenated alkanes) is 1. The van der Waals surface area contributed by atoms with E-state index in [1.54, 1.807) is 6.07 Å². The van der Waals surface area contributed by atoms with Crippen LogP contribution in [0.15, 0.2) is 58.5 Å². The van der Waals surface area contributed by atoms with Crippen molar-refractivity contribution in [2.45, 2.75) is 32.5 Å². The highest BCUT2D eigenvalue weighted by molar-refractivity contribution is 6.06. The smallest absolute Gasteiger partial charge is 0.222 e. The molecule has 1 fully saturated rings. The van der Waals surface area contributed by atoms with Crippen molar-refractivity contribution in [3.63, 3.8) is 0 Å². The first-order chi connectivity index (χ1) is 15.1. The first-order valence-electron chi connectivity index (χ1n) is 10.8. The van der Waals surface area contributed by atoms with Gasteiger partial charge < -0.3 is 20.7 Å². The molecule has 2 aliphatic rings. The molecule has 0 aromatic heterocycles. The molecule has 8 heteroatoms. The second-order valence-corrected chi connectivity index (χ2v) is 7.67. The fraction of sp³-hybridized carbons (Fsp3) is 0.391. The van der Waals surface area contributed by atoms with Gasteiger partial charge in [0, 0.05) is 18.8 Å². The summed E-state index contributed by atoms with van der Waals surface area (Å²) in [5.74, 6) is 0.505. The molecule has 0 bridgehead atoms. The predicted molar refractivity (Wildman–Crippen MR) is 123 cm³/mol. The number of nitrogens with two attached hydrogens (primary N) is 1. The summed E-state index contributed by atoms with van der Waals surface area (Å²) in [6.45, 7) is 4.75. The van der Waals surface area contributed by atoms with E-state index in [1.807, 2.05) is 23.1 Å². The lowest BCUT2D eigenvalue weighted by atomic mass is 10.1. The van der Waals surface area contributed by atoms with Gasteiger partial charge in [-0.2, -0.15) is 4.99 Å². The van der Waals surface area contributed by atoms with Crippen LogP contribution >= 0.6 is 0 Å². The Balaban J connectivity index is 1.63. The molecule has 31 heavy (non-hydrogen) atoms. The van der Waals surface area contributed by atoms with Gasteiger partial charge in [0.15, 0.2) is 0 Å². The van der Waals surface area contributed by atoms with Crippen molar-refractivity contribution in [1.82, 2.24) is 4.90 Å². The summed E-state index contributed by atoms with van der Waals surface area (Å²) in [5, 5.41) is 3.43. The van der Waals surface area contributed by atoms with Gasteiger partial charge in [0.05, 0.1) is 18.9 Å². The lowest BCUT2D eigenvalue weighted by Gasteiger charge is -2.41. The molecule has 0 saturated carbocycles. The van der Waals surface area contributed by atoms with Gasteiger partial charge in [0.25, 0.3) is 0 Å². The number of rotatable bonds is 6. The Bertz CT molecular complexity index is 939. The Morgan fingerprint density at radius 3 is 2.65 bits per heavy atom. The van der Waals surface area contributed by atoms with Gasteiger partial charge in [-0.15, -0.1) is 0 Å². The van der Waals surface area contributed by atoms with Crippen LogP contribution in [0.5, 0.6) is 0 Å². The normalized spacial score (nSPS) is 19.1. The van der Waals surface area contributed by atoms with E-state index in [1.165, 1.54) is 30.5 Å². The molecule has 0 radical (unpaired) electrons. The molecule has 2 aliphatic heterocycles. The Labute approximate surface area is 182 Å². The molecule has 7 nitrogen and oxygen atoms in total. The Morgan fingerprint density at radius 1 is 1.16 bits per heavy atom. The van der Waals surface area contributed by atoms with Gasteiger partial charge in [0.2, 0.25) is 18.2 Å². The zero-order valence-electron chi connectivity index (χ0n) is 17.8. The maximum atomic E-state index is 14.1. The van der Waals surface area contributed by atoms with Crippen LogP contribution in [0, 0.1) is 5.82 Å². The quantitative estimate of drug-likeness (QED) is 0.743. The highest BCUT2D eigenvalue weighted by Gasteiger charge is 2.32. The summed E-state index contributed by atoms with van der Waals surface area (Å²) in [7, 11) is 0. The minimum absolute atomic E-state index is 0.186. The molecule has 4 rings (SSSR count). The first-order valence-corrected chi connectivity index (χ1v) is 10.8. The second kappa shape index (κ2) is 9.78. The lowest BCUT2D eigenvalue weighted by Crippen LogP contribution is -2.57. The second-order valence-electron chi connectivity index (χ2n) is 7.67. The number of anilines is 2. The summed E-state index contributed by atoms with van der Waals surface area (Å²) in [6.07, 6.45) is 2.85. The van der Waals surface area contributed by atoms with E-state index < -0.39 is 6.29 Å². The lowest BCUT2D eigenvalue weighted by molar-refractivity contribution is 0.0671. The molecule has 2 aromatic rings. The molecule has 0 amide bonds. The van der Waals surface area contributed by atoms with Crippen LogP contribution in [-0.2, 0) is 11.2 Å². The van der Waals surface area contributed by atoms with E-state index >= 15 is 0 Å². The fourth-order valence-corrected chi connectivity index (χ4v) is 3.74. The van der Waals surface area contributed by atoms with Crippen LogP contribution in [0.2, 0.25) is 0 Å². The minimum Gasteiger partial charge on any atom is -0.378 e. The number of aliphatic imine (C=N–C) groups is 2. The third kappa shape index (κ3) is 5.14. The number of guanidine groups is 2. The van der Waals surface area contributed by atoms with Crippen molar-refractivity contribution in [3.05, 3.63) is 59.9 Å². The summed E-state index contributed by atoms with van der Waals surface area (Å²) in [4.78, 5) is 13.0. The molecule has 2 heterocycles. The van der Waals surface area contributed by atoms with E-state index in [0.717, 1.165) is 12.1 Å². The average Bonchev–Trinajstić information content (AvgIpc) is 2.79. The molecule has 0 aliphatic carbocycles. The number of hydrogen-bond acceptors (Lipinski definition) is 7. The van der Waals surface area contributed by atoms with Crippen LogP contribution in [0.25, 0.3) is 0 Å². The monoisotopic (exact) mass is 424 g/mol. The number of benzene rings is 2. The molecule has 0 spiro atoms. The van der Waals surface area contributed by atoms with Crippen molar-refractivity contribution in [1.29, 1.82) is 0 Å². The van der Waals surface area contributed by atoms with Crippen molar-refractivity contribution < 1.29 is 9.13 Å². The van der Waals surface area contributed by atoms with Crippen molar-refractivity contribution in [2.75, 3.05) is 36.5 Å². The average molecular weight is 425 g/mol. The molecular weight excluding hydrogens is 395 g/mol. The summed E-state index contributed by atoms with van der Waals surface area (Å²) in [6, 6.07) is 14.8. The highest BCUT2D eigenvalue weighted by Crippen LogP contribution is 2.25. The zero-order valence-corrected chi connectivity index (χ0v) is 17.8. The molecule has 1 atom stereocenters. The molecule has 164 valence electrons. The van der Waals surface area contributed by atoms with Gasteiger partial charge in [-0.1, -0.05) is 31.5 Å². The van der Waals surface area contributed by atoms with Crippen LogP contribution in [-0.4, -0.2) is 49.4 Å². The van der Waals surface area contributed by atoms with Gasteiger partial charge >= 0.3 is 0 Å². The highest BCUT2D eigenvalue weighted by atomic mass is 19.1. The van der Waals surface area contributed by atoms with Gasteiger partial charge in [-0.05, 0) is 48.7 Å². The third-order valence-corrected chi connectivity index (χ3v) is 5.38. The number of ether oxygens (including phenoxy) is 1. The van der Waals surface area contributed by atoms with Crippen molar-refractivity contribution >= 4 is 23.3 Å². The van der Waals surface area contributed by atoms with Crippen LogP contribution < -0.4 is 16.0 Å². The SMILES string of the molecule is CCCCc1ccc(NC2N=C(N)N=C(N3CCOCC3)N2c2cccc(F)c2)cc1. The van der Waals surface area contributed by atoms with E-state index in [9.17, 15) is 4.39 Å². The van der Waals surface area contributed by atoms with Crippen LogP contribution in [0.3, 0.4) is 0 Å². The molecule has 3 N–H and O–H groups in total. The molecule has 1 unspecified atom stereocenters. The number of halogens is 1. The van der Waals surface area contributed by atoms with E-state index in [4.69, 9.17) is 10.5 Å². The van der Waals surface area contributed by atoms with Gasteiger partial charge in [-0.3, -0.25) is 4.90 Å². The predicted octanol–water partition coefficient (Wildman–Crippen LogP) is 3.39. The van der Waals surface area contributed by atoms with Gasteiger partial charge in [0.1, 0.15) is 5.82 Å². The summed E-state index contributed by atoms with van der Waals surface area (Å²) >= 11 is 0. The third-order valence-electron chi connectivity index (χ3n) is 5.38. The topological polar surface area (TPSA) is 78.5 Å². The van der Waals surface area contributed by atoms with Crippen LogP contribution in [0.1, 0.15) is 25.3 Å². The first kappa shape index (κ1) is 21.1. The largest absolute Gasteiger partial charge is 0.378 e. The fourth-order valence-electron chi connectivity index (χ4n) is 3.74. The Morgan fingerprint density at radius 2 is 1.94 bits per heavy atom. The molecule has 2 aromatic carbocycles. The minimum atomic E-state index is -0.557. The Kier molecular flexibility index (Phi) is 6.66. The van der Waals surface area contributed by atoms with Gasteiger partial charge in [-0.25, -0.2) is 9.38 Å². The van der Waals surface area contributed by atoms with E-state index in [2.05, 4.69) is 39.3 Å². The van der Waals surface area contributed by atoms with Crippen molar-refractivity contribution in [2.24, 2.45) is 15.7 Å². The number of nitrogens with zero attached hydrogens (tertiary/aromatic N) is 4. The zero-order chi connectivity index (χ0) is 21.6. The number of hydrogen-bond donors (Lipinski definition) is 2. The summed E-state index contributed by atoms with van der Waals surface area (Å²) < 4.78 is 19.6. The standard InChI is InChI=1S/C23H29FN6O/c1-2-3-5-17-8-10-19(11-9-17)26-22-27-21(25)28-23(29-12-14-31-15-13-29)30(22)20-7-4-6-18(24)16-20/h4,6-11,16,22,26H,2-3,5,12-15H2,1H3,(H2,25,27). The van der Waals surface area contributed by atoms with E-state index in [0.29, 0.717) is 38.0 Å². The maximum Gasteiger partial charge on any atom is 0.222 e. The van der Waals surface area contributed by atoms with Crippen molar-refractivity contribution in [3.8, 4) is 0 Å². The molecular formula is C23H29FN6O. The number of morpholine rings is 1. The number of nitrogens with one attached hydrogen (secondary N) is 1. The summed E-state index contributed by atoms with van der Waals surface area (Å²) in [5.41, 5.74) is 8.95. The molecule has 1 saturated heterocycles. The van der Waals surface area contributed by atoms with E-state index in [-0.39, 0.29) is 11.8 Å². The Hall–Kier alpha value is -3.13.